The van der Waals surface area contributed by atoms with Gasteiger partial charge < -0.3 is 4.74 Å². The second-order valence-corrected chi connectivity index (χ2v) is 6.35. The number of nitrogens with zero attached hydrogens (tertiary/aromatic N) is 2. The zero-order valence-corrected chi connectivity index (χ0v) is 15.2. The van der Waals surface area contributed by atoms with Crippen molar-refractivity contribution in [3.05, 3.63) is 71.8 Å². The average Bonchev–Trinajstić information content (AvgIpc) is 2.69. The second kappa shape index (κ2) is 8.59. The van der Waals surface area contributed by atoms with E-state index >= 15 is 0 Å². The van der Waals surface area contributed by atoms with Gasteiger partial charge in [-0.2, -0.15) is 5.11 Å². The van der Waals surface area contributed by atoms with E-state index in [1.54, 1.807) is 18.3 Å². The lowest BCUT2D eigenvalue weighted by Gasteiger charge is -2.21. The molecule has 4 nitrogen and oxygen atoms in total. The number of rotatable bonds is 7. The van der Waals surface area contributed by atoms with Crippen molar-refractivity contribution in [3.63, 3.8) is 0 Å². The Morgan fingerprint density at radius 2 is 1.77 bits per heavy atom. The van der Waals surface area contributed by atoms with Crippen molar-refractivity contribution in [2.24, 2.45) is 10.1 Å². The summed E-state index contributed by atoms with van der Waals surface area (Å²) in [6.07, 6.45) is 2.10. The van der Waals surface area contributed by atoms with E-state index in [4.69, 9.17) is 21.9 Å². The van der Waals surface area contributed by atoms with Gasteiger partial charge in [-0.1, -0.05) is 54.9 Å². The fourth-order valence-electron chi connectivity index (χ4n) is 2.76. The zero-order valence-electron chi connectivity index (χ0n) is 14.5. The monoisotopic (exact) mass is 365 g/mol. The largest absolute Gasteiger partial charge is 0.487 e. The molecule has 0 aliphatic heterocycles. The van der Waals surface area contributed by atoms with Gasteiger partial charge in [-0.05, 0) is 42.1 Å². The molecule has 0 radical (unpaired) electrons. The van der Waals surface area contributed by atoms with Crippen LogP contribution in [0, 0.1) is 5.53 Å². The number of nitrogens with one attached hydrogen (secondary N) is 1. The molecule has 5 heteroatoms. The summed E-state index contributed by atoms with van der Waals surface area (Å²) in [5, 5.41) is 6.55. The molecule has 3 aromatic carbocycles. The summed E-state index contributed by atoms with van der Waals surface area (Å²) in [5.41, 5.74) is 8.32. The molecule has 0 aliphatic carbocycles. The van der Waals surface area contributed by atoms with Crippen LogP contribution in [0.1, 0.15) is 13.3 Å². The maximum atomic E-state index is 7.56. The summed E-state index contributed by atoms with van der Waals surface area (Å²) in [4.78, 5) is 4.41. The topological polar surface area (TPSA) is 57.8 Å². The van der Waals surface area contributed by atoms with Gasteiger partial charge in [-0.25, -0.2) is 5.53 Å². The molecule has 3 rings (SSSR count). The van der Waals surface area contributed by atoms with E-state index in [2.05, 4.69) is 22.2 Å². The number of hydrogen-bond acceptors (Lipinski definition) is 4. The lowest BCUT2D eigenvalue weighted by Crippen LogP contribution is -2.30. The van der Waals surface area contributed by atoms with Gasteiger partial charge in [0.2, 0.25) is 0 Å². The molecule has 0 spiro atoms. The Morgan fingerprint density at radius 1 is 1.04 bits per heavy atom. The number of aliphatic imine (C=N–C) groups is 1. The van der Waals surface area contributed by atoms with Crippen LogP contribution in [0.5, 0.6) is 5.75 Å². The fourth-order valence-corrected chi connectivity index (χ4v) is 2.88. The van der Waals surface area contributed by atoms with Crippen LogP contribution < -0.4 is 4.74 Å². The Hall–Kier alpha value is -2.72. The highest BCUT2D eigenvalue weighted by molar-refractivity contribution is 6.30. The van der Waals surface area contributed by atoms with Gasteiger partial charge in [0, 0.05) is 16.6 Å². The van der Waals surface area contributed by atoms with Crippen molar-refractivity contribution in [2.75, 3.05) is 0 Å². The van der Waals surface area contributed by atoms with Gasteiger partial charge in [0.05, 0.1) is 5.69 Å². The van der Waals surface area contributed by atoms with Gasteiger partial charge >= 0.3 is 0 Å². The predicted octanol–water partition coefficient (Wildman–Crippen LogP) is 6.45. The number of halogens is 1. The van der Waals surface area contributed by atoms with Crippen molar-refractivity contribution in [2.45, 2.75) is 25.5 Å². The Bertz CT molecular complexity index is 903. The maximum absolute atomic E-state index is 7.56. The van der Waals surface area contributed by atoms with E-state index < -0.39 is 6.04 Å². The van der Waals surface area contributed by atoms with Gasteiger partial charge in [0.25, 0.3) is 0 Å². The molecule has 0 aliphatic rings. The average molecular weight is 366 g/mol. The highest BCUT2D eigenvalue weighted by Gasteiger charge is 2.20. The molecule has 0 bridgehead atoms. The Balaban J connectivity index is 1.81. The van der Waals surface area contributed by atoms with Gasteiger partial charge in [0.15, 0.2) is 0 Å². The SMILES string of the molecule is CCC(Oc1cccc2ccccc12)C(C=Nc1ccc(Cl)cc1)N=N. The molecule has 0 aromatic heterocycles. The number of ether oxygens (including phenoxy) is 1. The van der Waals surface area contributed by atoms with Crippen LogP contribution in [-0.2, 0) is 0 Å². The predicted molar refractivity (Wildman–Crippen MR) is 107 cm³/mol. The van der Waals surface area contributed by atoms with E-state index in [0.717, 1.165) is 22.2 Å². The van der Waals surface area contributed by atoms with Crippen molar-refractivity contribution in [1.29, 1.82) is 5.53 Å². The first-order valence-corrected chi connectivity index (χ1v) is 8.90. The highest BCUT2D eigenvalue weighted by Crippen LogP contribution is 2.27. The third-order valence-electron chi connectivity index (χ3n) is 4.16. The second-order valence-electron chi connectivity index (χ2n) is 5.92. The number of hydrogen-bond donors (Lipinski definition) is 1. The molecule has 0 heterocycles. The van der Waals surface area contributed by atoms with Crippen LogP contribution in [0.15, 0.2) is 76.8 Å². The standard InChI is InChI=1S/C21H20ClN3O/c1-2-20(19(25-23)14-24-17-12-10-16(22)11-13-17)26-21-9-5-7-15-6-3-4-8-18(15)21/h3-14,19-20,23H,2H2,1H3. The number of fused-ring (bicyclic) bond motifs is 1. The summed E-state index contributed by atoms with van der Waals surface area (Å²) >= 11 is 5.89. The van der Waals surface area contributed by atoms with Crippen molar-refractivity contribution in [1.82, 2.24) is 0 Å². The Labute approximate surface area is 158 Å². The molecule has 26 heavy (non-hydrogen) atoms. The molecule has 132 valence electrons. The molecule has 0 amide bonds. The van der Waals surface area contributed by atoms with Crippen LogP contribution in [0.4, 0.5) is 5.69 Å². The van der Waals surface area contributed by atoms with E-state index in [0.29, 0.717) is 11.4 Å². The van der Waals surface area contributed by atoms with Crippen molar-refractivity contribution < 1.29 is 4.74 Å². The Morgan fingerprint density at radius 3 is 2.50 bits per heavy atom. The highest BCUT2D eigenvalue weighted by atomic mass is 35.5. The third kappa shape index (κ3) is 4.27. The van der Waals surface area contributed by atoms with E-state index in [1.807, 2.05) is 49.4 Å². The lowest BCUT2D eigenvalue weighted by molar-refractivity contribution is 0.189. The van der Waals surface area contributed by atoms with E-state index in [9.17, 15) is 0 Å². The molecule has 2 unspecified atom stereocenters. The molecule has 2 atom stereocenters. The quantitative estimate of drug-likeness (QED) is 0.379. The summed E-state index contributed by atoms with van der Waals surface area (Å²) < 4.78 is 6.21. The molecular weight excluding hydrogens is 346 g/mol. The minimum absolute atomic E-state index is 0.269. The van der Waals surface area contributed by atoms with Gasteiger partial charge in [-0.3, -0.25) is 4.99 Å². The summed E-state index contributed by atoms with van der Waals surface area (Å²) in [6.45, 7) is 2.02. The normalized spacial score (nSPS) is 13.6. The first-order chi connectivity index (χ1) is 12.7. The zero-order chi connectivity index (χ0) is 18.4. The van der Waals surface area contributed by atoms with Gasteiger partial charge in [-0.15, -0.1) is 0 Å². The molecule has 3 aromatic rings. The summed E-state index contributed by atoms with van der Waals surface area (Å²) in [6, 6.07) is 20.8. The first-order valence-electron chi connectivity index (χ1n) is 8.52. The van der Waals surface area contributed by atoms with E-state index in [-0.39, 0.29) is 6.10 Å². The van der Waals surface area contributed by atoms with Crippen molar-refractivity contribution in [3.8, 4) is 5.75 Å². The minimum Gasteiger partial charge on any atom is -0.487 e. The van der Waals surface area contributed by atoms with Gasteiger partial charge in [0.1, 0.15) is 17.9 Å². The van der Waals surface area contributed by atoms with Crippen LogP contribution in [0.3, 0.4) is 0 Å². The maximum Gasteiger partial charge on any atom is 0.142 e. The van der Waals surface area contributed by atoms with Crippen LogP contribution in [0.2, 0.25) is 5.02 Å². The number of benzene rings is 3. The summed E-state index contributed by atoms with van der Waals surface area (Å²) in [7, 11) is 0. The molecular formula is C21H20ClN3O. The summed E-state index contributed by atoms with van der Waals surface area (Å²) in [5.74, 6) is 0.795. The van der Waals surface area contributed by atoms with Crippen LogP contribution >= 0.6 is 11.6 Å². The molecule has 0 fully saturated rings. The van der Waals surface area contributed by atoms with E-state index in [1.165, 1.54) is 0 Å². The minimum atomic E-state index is -0.463. The molecule has 0 saturated carbocycles. The molecule has 0 saturated heterocycles. The third-order valence-corrected chi connectivity index (χ3v) is 4.42. The first kappa shape index (κ1) is 18.1. The fraction of sp³-hybridized carbons (Fsp3) is 0.190. The Kier molecular flexibility index (Phi) is 5.97. The molecule has 1 N–H and O–H groups in total. The van der Waals surface area contributed by atoms with Crippen LogP contribution in [-0.4, -0.2) is 18.4 Å². The van der Waals surface area contributed by atoms with Crippen molar-refractivity contribution >= 4 is 34.3 Å². The van der Waals surface area contributed by atoms with Crippen LogP contribution in [0.25, 0.3) is 10.8 Å². The smallest absolute Gasteiger partial charge is 0.142 e. The lowest BCUT2D eigenvalue weighted by atomic mass is 10.1.